The van der Waals surface area contributed by atoms with Gasteiger partial charge in [0, 0.05) is 19.0 Å². The van der Waals surface area contributed by atoms with Gasteiger partial charge in [-0.15, -0.1) is 0 Å². The fraction of sp³-hybridized carbons (Fsp3) is 0.692. The summed E-state index contributed by atoms with van der Waals surface area (Å²) >= 11 is 0. The third kappa shape index (κ3) is 11.9. The van der Waals surface area contributed by atoms with Crippen LogP contribution in [0.25, 0.3) is 0 Å². The van der Waals surface area contributed by atoms with Gasteiger partial charge in [-0.1, -0.05) is 0 Å². The number of carbonyl (C=O) groups excluding carboxylic acids is 3. The lowest BCUT2D eigenvalue weighted by Gasteiger charge is -2.15. The van der Waals surface area contributed by atoms with Gasteiger partial charge in [0.05, 0.1) is 12.6 Å². The average molecular weight is 331 g/mol. The van der Waals surface area contributed by atoms with Gasteiger partial charge in [-0.2, -0.15) is 0 Å². The van der Waals surface area contributed by atoms with Gasteiger partial charge in [0.15, 0.2) is 0 Å². The Bertz CT molecular complexity index is 429. The van der Waals surface area contributed by atoms with Gasteiger partial charge in [0.2, 0.25) is 11.8 Å². The van der Waals surface area contributed by atoms with Crippen molar-refractivity contribution in [3.8, 4) is 0 Å². The first-order valence-corrected chi connectivity index (χ1v) is 7.30. The van der Waals surface area contributed by atoms with Gasteiger partial charge in [-0.25, -0.2) is 4.79 Å². The first-order chi connectivity index (χ1) is 10.7. The van der Waals surface area contributed by atoms with Crippen molar-refractivity contribution in [1.82, 2.24) is 16.0 Å². The minimum absolute atomic E-state index is 0.00600. The number of hydrogen-bond donors (Lipinski definition) is 6. The zero-order chi connectivity index (χ0) is 17.8. The second-order valence-electron chi connectivity index (χ2n) is 5.16. The van der Waals surface area contributed by atoms with Crippen LogP contribution in [0.5, 0.6) is 0 Å². The summed E-state index contributed by atoms with van der Waals surface area (Å²) in [5.74, 6) is -1.98. The van der Waals surface area contributed by atoms with Crippen LogP contribution in [0.15, 0.2) is 0 Å². The highest BCUT2D eigenvalue weighted by Crippen LogP contribution is 1.96. The molecule has 2 unspecified atom stereocenters. The van der Waals surface area contributed by atoms with E-state index in [0.717, 1.165) is 0 Å². The maximum absolute atomic E-state index is 11.6. The fourth-order valence-corrected chi connectivity index (χ4v) is 1.73. The minimum Gasteiger partial charge on any atom is -0.481 e. The predicted molar refractivity (Wildman–Crippen MR) is 82.3 cm³/mol. The molecule has 0 aliphatic heterocycles. The van der Waals surface area contributed by atoms with E-state index in [4.69, 9.17) is 16.6 Å². The summed E-state index contributed by atoms with van der Waals surface area (Å²) < 4.78 is 0. The minimum atomic E-state index is -1.04. The highest BCUT2D eigenvalue weighted by molar-refractivity contribution is 5.87. The van der Waals surface area contributed by atoms with Crippen molar-refractivity contribution in [3.05, 3.63) is 0 Å². The molecule has 0 heterocycles. The maximum Gasteiger partial charge on any atom is 0.312 e. The van der Waals surface area contributed by atoms with E-state index in [-0.39, 0.29) is 31.3 Å². The quantitative estimate of drug-likeness (QED) is 0.244. The van der Waals surface area contributed by atoms with Gasteiger partial charge >= 0.3 is 12.0 Å². The molecule has 23 heavy (non-hydrogen) atoms. The first-order valence-electron chi connectivity index (χ1n) is 7.30. The molecule has 0 spiro atoms. The Morgan fingerprint density at radius 2 is 1.78 bits per heavy atom. The van der Waals surface area contributed by atoms with Crippen LogP contribution in [-0.2, 0) is 14.4 Å². The average Bonchev–Trinajstić information content (AvgIpc) is 2.46. The van der Waals surface area contributed by atoms with Crippen molar-refractivity contribution in [2.75, 3.05) is 13.1 Å². The summed E-state index contributed by atoms with van der Waals surface area (Å²) in [6.45, 7) is 1.98. The number of carboxylic acid groups (broad SMARTS) is 1. The summed E-state index contributed by atoms with van der Waals surface area (Å²) in [6.07, 6.45) is 1.08. The highest BCUT2D eigenvalue weighted by atomic mass is 16.4. The van der Waals surface area contributed by atoms with E-state index in [1.54, 1.807) is 6.92 Å². The molecular formula is C13H25N5O5. The number of carboxylic acids is 1. The summed E-state index contributed by atoms with van der Waals surface area (Å²) in [6, 6.07) is -1.69. The number of nitrogens with one attached hydrogen (secondary N) is 3. The fourth-order valence-electron chi connectivity index (χ4n) is 1.73. The largest absolute Gasteiger partial charge is 0.481 e. The van der Waals surface area contributed by atoms with E-state index in [2.05, 4.69) is 16.0 Å². The van der Waals surface area contributed by atoms with Crippen LogP contribution in [0.1, 0.15) is 32.6 Å². The number of amides is 4. The van der Waals surface area contributed by atoms with Gasteiger partial charge in [-0.3, -0.25) is 14.4 Å². The lowest BCUT2D eigenvalue weighted by Crippen LogP contribution is -2.46. The molecule has 0 aromatic rings. The van der Waals surface area contributed by atoms with Gasteiger partial charge in [-0.05, 0) is 26.2 Å². The summed E-state index contributed by atoms with van der Waals surface area (Å²) in [5.41, 5.74) is 10.4. The molecule has 8 N–H and O–H groups in total. The van der Waals surface area contributed by atoms with Gasteiger partial charge in [0.1, 0.15) is 0 Å². The van der Waals surface area contributed by atoms with Crippen molar-refractivity contribution in [3.63, 3.8) is 0 Å². The summed E-state index contributed by atoms with van der Waals surface area (Å²) in [4.78, 5) is 44.0. The molecule has 2 atom stereocenters. The maximum atomic E-state index is 11.6. The van der Waals surface area contributed by atoms with Crippen molar-refractivity contribution >= 4 is 23.8 Å². The molecule has 0 saturated carbocycles. The number of rotatable bonds is 11. The molecule has 0 aromatic carbocycles. The Balaban J connectivity index is 3.85. The molecule has 0 radical (unpaired) electrons. The Morgan fingerprint density at radius 1 is 1.13 bits per heavy atom. The topological polar surface area (TPSA) is 177 Å². The van der Waals surface area contributed by atoms with Gasteiger partial charge < -0.3 is 32.5 Å². The Hall–Kier alpha value is -2.36. The molecule has 132 valence electrons. The highest BCUT2D eigenvalue weighted by Gasteiger charge is 2.16. The van der Waals surface area contributed by atoms with Crippen molar-refractivity contribution < 1.29 is 24.3 Å². The van der Waals surface area contributed by atoms with E-state index in [9.17, 15) is 19.2 Å². The third-order valence-electron chi connectivity index (χ3n) is 2.95. The molecule has 10 nitrogen and oxygen atoms in total. The van der Waals surface area contributed by atoms with Crippen LogP contribution in [0, 0.1) is 0 Å². The van der Waals surface area contributed by atoms with E-state index in [1.165, 1.54) is 0 Å². The number of urea groups is 1. The van der Waals surface area contributed by atoms with Crippen LogP contribution >= 0.6 is 0 Å². The molecule has 0 aromatic heterocycles. The summed E-state index contributed by atoms with van der Waals surface area (Å²) in [5, 5.41) is 16.0. The van der Waals surface area contributed by atoms with Crippen LogP contribution in [-0.4, -0.2) is 54.1 Å². The number of primary amides is 1. The number of hydrogen-bond acceptors (Lipinski definition) is 5. The van der Waals surface area contributed by atoms with E-state index in [1.807, 2.05) is 0 Å². The number of carbonyl (C=O) groups is 4. The Kier molecular flexibility index (Phi) is 10.1. The van der Waals surface area contributed by atoms with Gasteiger partial charge in [0.25, 0.3) is 0 Å². The standard InChI is InChI=1S/C13H25N5O5/c1-8(3-2-6-16-13(15)23)18-10(19)7-17-12(22)9(14)4-5-11(20)21/h8-9H,2-7,14H2,1H3,(H,17,22)(H,18,19)(H,20,21)(H3,15,16,23). The number of nitrogens with two attached hydrogens (primary N) is 2. The third-order valence-corrected chi connectivity index (χ3v) is 2.95. The van der Waals surface area contributed by atoms with Crippen molar-refractivity contribution in [1.29, 1.82) is 0 Å². The van der Waals surface area contributed by atoms with Crippen LogP contribution in [0.4, 0.5) is 4.79 Å². The molecule has 0 rings (SSSR count). The van der Waals surface area contributed by atoms with E-state index >= 15 is 0 Å². The molecule has 0 aliphatic carbocycles. The van der Waals surface area contributed by atoms with Crippen molar-refractivity contribution in [2.45, 2.75) is 44.7 Å². The molecule has 4 amide bonds. The zero-order valence-electron chi connectivity index (χ0n) is 13.1. The van der Waals surface area contributed by atoms with Crippen LogP contribution in [0.3, 0.4) is 0 Å². The monoisotopic (exact) mass is 331 g/mol. The smallest absolute Gasteiger partial charge is 0.312 e. The zero-order valence-corrected chi connectivity index (χ0v) is 13.1. The first kappa shape index (κ1) is 20.6. The molecular weight excluding hydrogens is 306 g/mol. The van der Waals surface area contributed by atoms with Crippen LogP contribution < -0.4 is 27.4 Å². The molecule has 0 bridgehead atoms. The second kappa shape index (κ2) is 11.2. The lowest BCUT2D eigenvalue weighted by atomic mass is 10.1. The van der Waals surface area contributed by atoms with Crippen LogP contribution in [0.2, 0.25) is 0 Å². The Labute approximate surface area is 134 Å². The predicted octanol–water partition coefficient (Wildman–Crippen LogP) is -1.75. The Morgan fingerprint density at radius 3 is 2.35 bits per heavy atom. The van der Waals surface area contributed by atoms with E-state index in [0.29, 0.717) is 19.4 Å². The lowest BCUT2D eigenvalue weighted by molar-refractivity contribution is -0.137. The molecule has 0 saturated heterocycles. The molecule has 0 aliphatic rings. The molecule has 0 fully saturated rings. The SMILES string of the molecule is CC(CCCNC(N)=O)NC(=O)CNC(=O)C(N)CCC(=O)O. The number of aliphatic carboxylic acids is 1. The van der Waals surface area contributed by atoms with Crippen molar-refractivity contribution in [2.24, 2.45) is 11.5 Å². The summed E-state index contributed by atoms with van der Waals surface area (Å²) in [7, 11) is 0. The second-order valence-corrected chi connectivity index (χ2v) is 5.16. The normalized spacial score (nSPS) is 12.8. The molecule has 10 heteroatoms. The van der Waals surface area contributed by atoms with E-state index < -0.39 is 23.9 Å².